The van der Waals surface area contributed by atoms with Crippen molar-refractivity contribution in [3.63, 3.8) is 0 Å². The summed E-state index contributed by atoms with van der Waals surface area (Å²) in [7, 11) is 0. The van der Waals surface area contributed by atoms with Gasteiger partial charge in [0, 0.05) is 33.8 Å². The number of esters is 2. The van der Waals surface area contributed by atoms with Gasteiger partial charge >= 0.3 is 17.9 Å². The molecule has 0 aromatic heterocycles. The van der Waals surface area contributed by atoms with Crippen LogP contribution in [0.15, 0.2) is 0 Å². The lowest BCUT2D eigenvalue weighted by Crippen LogP contribution is -2.63. The Bertz CT molecular complexity index is 607. The first-order valence-electron chi connectivity index (χ1n) is 9.17. The number of carboxylic acid groups (broad SMARTS) is 1. The topological polar surface area (TPSA) is 155 Å². The molecule has 1 heterocycles. The van der Waals surface area contributed by atoms with Crippen LogP contribution in [0.4, 0.5) is 0 Å². The molecule has 11 nitrogen and oxygen atoms in total. The molecule has 11 heteroatoms. The number of carbonyl (C=O) groups excluding carboxylic acids is 4. The summed E-state index contributed by atoms with van der Waals surface area (Å²) in [6.45, 7) is 3.42. The van der Waals surface area contributed by atoms with Gasteiger partial charge in [0.15, 0.2) is 6.29 Å². The molecule has 1 aliphatic rings. The number of hydrogen-bond donors (Lipinski definition) is 2. The van der Waals surface area contributed by atoms with Gasteiger partial charge in [0.25, 0.3) is 0 Å². The van der Waals surface area contributed by atoms with E-state index in [4.69, 9.17) is 24.1 Å². The number of carbonyl (C=O) groups is 5. The van der Waals surface area contributed by atoms with Gasteiger partial charge in [-0.2, -0.15) is 0 Å². The molecule has 1 aliphatic heterocycles. The number of carboxylic acids is 1. The molecule has 2 N–H and O–H groups in total. The van der Waals surface area contributed by atoms with E-state index in [0.717, 1.165) is 6.92 Å². The van der Waals surface area contributed by atoms with Crippen LogP contribution in [0.1, 0.15) is 40.0 Å². The zero-order valence-electron chi connectivity index (χ0n) is 16.6. The van der Waals surface area contributed by atoms with Crippen LogP contribution >= 0.6 is 0 Å². The lowest BCUT2D eigenvalue weighted by atomic mass is 9.88. The van der Waals surface area contributed by atoms with Crippen LogP contribution in [0.2, 0.25) is 0 Å². The maximum atomic E-state index is 11.8. The fourth-order valence-electron chi connectivity index (χ4n) is 2.93. The minimum absolute atomic E-state index is 0.0232. The van der Waals surface area contributed by atoms with E-state index in [1.807, 2.05) is 0 Å². The van der Waals surface area contributed by atoms with E-state index in [-0.39, 0.29) is 19.6 Å². The Kier molecular flexibility index (Phi) is 10.2. The number of aldehydes is 1. The van der Waals surface area contributed by atoms with Crippen LogP contribution in [0, 0.1) is 5.92 Å². The summed E-state index contributed by atoms with van der Waals surface area (Å²) in [6, 6.07) is -0.956. The summed E-state index contributed by atoms with van der Waals surface area (Å²) in [5.41, 5.74) is 0. The summed E-state index contributed by atoms with van der Waals surface area (Å²) in [5, 5.41) is 11.2. The standard InChI is InChI=1S/C18H27NO10/c1-10(21)19-16-13(8-20)17(28-12(3)23)14(9-27-11(2)22)29-18(16)26-7-5-4-6-15(24)25/h8,13-14,16-18H,4-7,9H2,1-3H3,(H,19,21)(H,24,25)/t13?,14?,16?,17-,18+/m0/s1. The highest BCUT2D eigenvalue weighted by atomic mass is 16.7. The first-order chi connectivity index (χ1) is 13.6. The van der Waals surface area contributed by atoms with Crippen molar-refractivity contribution in [3.05, 3.63) is 0 Å². The van der Waals surface area contributed by atoms with Gasteiger partial charge in [-0.25, -0.2) is 0 Å². The number of rotatable bonds is 11. The Labute approximate surface area is 168 Å². The van der Waals surface area contributed by atoms with Crippen molar-refractivity contribution in [2.75, 3.05) is 13.2 Å². The Morgan fingerprint density at radius 1 is 1.10 bits per heavy atom. The van der Waals surface area contributed by atoms with Crippen LogP contribution in [-0.4, -0.2) is 73.0 Å². The van der Waals surface area contributed by atoms with Gasteiger partial charge in [-0.05, 0) is 12.8 Å². The van der Waals surface area contributed by atoms with Gasteiger partial charge < -0.3 is 34.2 Å². The first-order valence-corrected chi connectivity index (χ1v) is 9.17. The SMILES string of the molecule is CC(=O)NC1C(C=O)[C@H](OC(C)=O)C(COC(C)=O)O[C@H]1OCCCCC(=O)O. The minimum atomic E-state index is -1.10. The number of nitrogens with one attached hydrogen (secondary N) is 1. The molecule has 0 aromatic carbocycles. The van der Waals surface area contributed by atoms with E-state index < -0.39 is 54.3 Å². The molecule has 0 radical (unpaired) electrons. The fraction of sp³-hybridized carbons (Fsp3) is 0.722. The monoisotopic (exact) mass is 417 g/mol. The van der Waals surface area contributed by atoms with Crippen LogP contribution < -0.4 is 5.32 Å². The molecule has 0 bridgehead atoms. The second-order valence-electron chi connectivity index (χ2n) is 6.58. The van der Waals surface area contributed by atoms with Gasteiger partial charge in [0.05, 0.1) is 12.0 Å². The predicted molar refractivity (Wildman–Crippen MR) is 95.4 cm³/mol. The fourth-order valence-corrected chi connectivity index (χ4v) is 2.93. The number of ether oxygens (including phenoxy) is 4. The quantitative estimate of drug-likeness (QED) is 0.262. The zero-order valence-corrected chi connectivity index (χ0v) is 16.6. The summed E-state index contributed by atoms with van der Waals surface area (Å²) in [6.07, 6.45) is -1.90. The average Bonchev–Trinajstić information content (AvgIpc) is 2.60. The summed E-state index contributed by atoms with van der Waals surface area (Å²) < 4.78 is 21.5. The first kappa shape index (κ1) is 24.5. The van der Waals surface area contributed by atoms with Crippen molar-refractivity contribution < 1.29 is 48.0 Å². The zero-order chi connectivity index (χ0) is 22.0. The third-order valence-electron chi connectivity index (χ3n) is 4.11. The Morgan fingerprint density at radius 2 is 1.79 bits per heavy atom. The molecule has 1 saturated heterocycles. The number of hydrogen-bond acceptors (Lipinski definition) is 9. The normalized spacial score (nSPS) is 26.2. The molecule has 29 heavy (non-hydrogen) atoms. The molecule has 0 aliphatic carbocycles. The van der Waals surface area contributed by atoms with E-state index in [1.165, 1.54) is 13.8 Å². The Balaban J connectivity index is 2.97. The molecule has 1 fully saturated rings. The van der Waals surface area contributed by atoms with Crippen LogP contribution in [-0.2, 0) is 42.9 Å². The van der Waals surface area contributed by atoms with Crippen LogP contribution in [0.25, 0.3) is 0 Å². The lowest BCUT2D eigenvalue weighted by molar-refractivity contribution is -0.260. The molecule has 0 spiro atoms. The Morgan fingerprint density at radius 3 is 2.31 bits per heavy atom. The molecule has 1 amide bonds. The molecule has 5 atom stereocenters. The molecule has 1 rings (SSSR count). The summed E-state index contributed by atoms with van der Waals surface area (Å²) in [5.74, 6) is -3.66. The molecule has 3 unspecified atom stereocenters. The van der Waals surface area contributed by atoms with E-state index in [0.29, 0.717) is 19.1 Å². The molecule has 0 saturated carbocycles. The van der Waals surface area contributed by atoms with Crippen molar-refractivity contribution >= 4 is 30.1 Å². The van der Waals surface area contributed by atoms with Crippen LogP contribution in [0.5, 0.6) is 0 Å². The van der Waals surface area contributed by atoms with Crippen molar-refractivity contribution in [3.8, 4) is 0 Å². The second-order valence-corrected chi connectivity index (χ2v) is 6.58. The lowest BCUT2D eigenvalue weighted by Gasteiger charge is -2.43. The van der Waals surface area contributed by atoms with E-state index >= 15 is 0 Å². The van der Waals surface area contributed by atoms with E-state index in [1.54, 1.807) is 0 Å². The summed E-state index contributed by atoms with van der Waals surface area (Å²) >= 11 is 0. The van der Waals surface area contributed by atoms with Crippen molar-refractivity contribution in [2.24, 2.45) is 5.92 Å². The largest absolute Gasteiger partial charge is 0.481 e. The van der Waals surface area contributed by atoms with Gasteiger partial charge in [0.2, 0.25) is 5.91 Å². The predicted octanol–water partition coefficient (Wildman–Crippen LogP) is -0.203. The number of aliphatic carboxylic acids is 1. The molecular weight excluding hydrogens is 390 g/mol. The maximum Gasteiger partial charge on any atom is 0.303 e. The average molecular weight is 417 g/mol. The third kappa shape index (κ3) is 8.57. The van der Waals surface area contributed by atoms with E-state index in [9.17, 15) is 24.0 Å². The van der Waals surface area contributed by atoms with Gasteiger partial charge in [-0.3, -0.25) is 19.2 Å². The molecule has 0 aromatic rings. The third-order valence-corrected chi connectivity index (χ3v) is 4.11. The maximum absolute atomic E-state index is 11.8. The highest BCUT2D eigenvalue weighted by molar-refractivity contribution is 5.74. The molecular formula is C18H27NO10. The second kappa shape index (κ2) is 12.1. The van der Waals surface area contributed by atoms with Crippen molar-refractivity contribution in [1.29, 1.82) is 0 Å². The highest BCUT2D eigenvalue weighted by Crippen LogP contribution is 2.29. The minimum Gasteiger partial charge on any atom is -0.481 e. The smallest absolute Gasteiger partial charge is 0.303 e. The Hall–Kier alpha value is -2.53. The van der Waals surface area contributed by atoms with Gasteiger partial charge in [-0.15, -0.1) is 0 Å². The van der Waals surface area contributed by atoms with Crippen molar-refractivity contribution in [1.82, 2.24) is 5.32 Å². The van der Waals surface area contributed by atoms with Gasteiger partial charge in [0.1, 0.15) is 25.1 Å². The number of amides is 1. The van der Waals surface area contributed by atoms with Crippen LogP contribution in [0.3, 0.4) is 0 Å². The van der Waals surface area contributed by atoms with Gasteiger partial charge in [-0.1, -0.05) is 0 Å². The summed E-state index contributed by atoms with van der Waals surface area (Å²) in [4.78, 5) is 56.7. The van der Waals surface area contributed by atoms with Crippen molar-refractivity contribution in [2.45, 2.75) is 64.6 Å². The number of unbranched alkanes of at least 4 members (excludes halogenated alkanes) is 1. The molecule has 164 valence electrons. The van der Waals surface area contributed by atoms with E-state index in [2.05, 4.69) is 5.32 Å². The highest BCUT2D eigenvalue weighted by Gasteiger charge is 2.49.